The summed E-state index contributed by atoms with van der Waals surface area (Å²) in [5, 5.41) is 0.773. The molecular weight excluding hydrogens is 406 g/mol. The number of nitrogens with zero attached hydrogens (tertiary/aromatic N) is 3. The van der Waals surface area contributed by atoms with Crippen LogP contribution in [0.1, 0.15) is 37.7 Å². The van der Waals surface area contributed by atoms with E-state index in [9.17, 15) is 13.2 Å². The molecule has 1 unspecified atom stereocenters. The highest BCUT2D eigenvalue weighted by Gasteiger charge is 2.38. The minimum Gasteiger partial charge on any atom is -0.335 e. The normalized spacial score (nSPS) is 21.5. The molecule has 8 heteroatoms. The van der Waals surface area contributed by atoms with Crippen molar-refractivity contribution >= 4 is 27.5 Å². The first kappa shape index (κ1) is 20.5. The van der Waals surface area contributed by atoms with E-state index in [2.05, 4.69) is 11.1 Å². The Morgan fingerprint density at radius 2 is 2.03 bits per heavy atom. The van der Waals surface area contributed by atoms with Crippen molar-refractivity contribution in [2.75, 3.05) is 17.3 Å². The third-order valence-electron chi connectivity index (χ3n) is 5.82. The Labute approximate surface area is 176 Å². The summed E-state index contributed by atoms with van der Waals surface area (Å²) in [6, 6.07) is 8.17. The van der Waals surface area contributed by atoms with E-state index in [0.29, 0.717) is 6.42 Å². The van der Waals surface area contributed by atoms with Gasteiger partial charge in [-0.05, 0) is 43.9 Å². The second-order valence-electron chi connectivity index (χ2n) is 8.00. The van der Waals surface area contributed by atoms with Gasteiger partial charge in [0.05, 0.1) is 17.3 Å². The summed E-state index contributed by atoms with van der Waals surface area (Å²) in [5.41, 5.74) is 2.19. The van der Waals surface area contributed by atoms with Crippen LogP contribution in [0.4, 0.5) is 0 Å². The van der Waals surface area contributed by atoms with Crippen molar-refractivity contribution in [2.45, 2.75) is 56.3 Å². The Bertz CT molecular complexity index is 981. The Hall–Kier alpha value is -1.80. The monoisotopic (exact) mass is 433 g/mol. The second-order valence-corrected chi connectivity index (χ2v) is 11.2. The van der Waals surface area contributed by atoms with Gasteiger partial charge in [0, 0.05) is 30.2 Å². The van der Waals surface area contributed by atoms with Gasteiger partial charge in [-0.15, -0.1) is 0 Å². The average molecular weight is 434 g/mol. The molecule has 0 bridgehead atoms. The maximum Gasteiger partial charge on any atom is 0.233 e. The van der Waals surface area contributed by atoms with E-state index in [1.165, 1.54) is 11.8 Å². The number of hydrogen-bond acceptors (Lipinski definition) is 5. The van der Waals surface area contributed by atoms with Crippen LogP contribution in [0.15, 0.2) is 41.8 Å². The number of hydrogen-bond donors (Lipinski definition) is 0. The lowest BCUT2D eigenvalue weighted by Crippen LogP contribution is -2.47. The number of sulfone groups is 1. The molecule has 1 saturated heterocycles. The van der Waals surface area contributed by atoms with Crippen LogP contribution in [0.5, 0.6) is 0 Å². The molecule has 1 aromatic carbocycles. The third kappa shape index (κ3) is 4.69. The zero-order valence-electron chi connectivity index (χ0n) is 16.7. The minimum atomic E-state index is -3.03. The van der Waals surface area contributed by atoms with Crippen LogP contribution in [0.2, 0.25) is 0 Å². The number of aromatic nitrogens is 2. The molecule has 156 valence electrons. The maximum absolute atomic E-state index is 13.2. The highest BCUT2D eigenvalue weighted by atomic mass is 32.2. The van der Waals surface area contributed by atoms with Crippen LogP contribution >= 0.6 is 11.8 Å². The fourth-order valence-corrected chi connectivity index (χ4v) is 7.01. The molecule has 0 radical (unpaired) electrons. The molecule has 2 fully saturated rings. The van der Waals surface area contributed by atoms with Crippen molar-refractivity contribution in [3.8, 4) is 5.69 Å². The Morgan fingerprint density at radius 3 is 2.72 bits per heavy atom. The fraction of sp³-hybridized carbons (Fsp3) is 0.524. The number of rotatable bonds is 6. The van der Waals surface area contributed by atoms with E-state index < -0.39 is 9.84 Å². The smallest absolute Gasteiger partial charge is 0.233 e. The van der Waals surface area contributed by atoms with Crippen molar-refractivity contribution in [3.05, 3.63) is 42.2 Å². The molecule has 1 amide bonds. The van der Waals surface area contributed by atoms with Crippen LogP contribution in [-0.4, -0.2) is 58.1 Å². The van der Waals surface area contributed by atoms with E-state index in [4.69, 9.17) is 0 Å². The first-order chi connectivity index (χ1) is 13.9. The highest BCUT2D eigenvalue weighted by Crippen LogP contribution is 2.30. The SMILES string of the molecule is Cc1cccc(-n2ccnc2SCC(=O)N(C2CCCC2)C2CCS(=O)(=O)C2)c1. The van der Waals surface area contributed by atoms with Gasteiger partial charge in [-0.1, -0.05) is 36.7 Å². The van der Waals surface area contributed by atoms with Crippen LogP contribution in [0, 0.1) is 6.92 Å². The van der Waals surface area contributed by atoms with Crippen molar-refractivity contribution in [1.82, 2.24) is 14.5 Å². The fourth-order valence-electron chi connectivity index (χ4n) is 4.45. The Kier molecular flexibility index (Phi) is 6.01. The van der Waals surface area contributed by atoms with Gasteiger partial charge in [0.25, 0.3) is 0 Å². The summed E-state index contributed by atoms with van der Waals surface area (Å²) >= 11 is 1.42. The van der Waals surface area contributed by atoms with E-state index in [0.717, 1.165) is 42.1 Å². The summed E-state index contributed by atoms with van der Waals surface area (Å²) < 4.78 is 26.0. The number of aryl methyl sites for hydroxylation is 1. The average Bonchev–Trinajstić information content (AvgIpc) is 3.42. The van der Waals surface area contributed by atoms with Crippen LogP contribution in [0.3, 0.4) is 0 Å². The molecule has 2 aromatic rings. The molecular formula is C21H27N3O3S2. The van der Waals surface area contributed by atoms with Crippen molar-refractivity contribution in [3.63, 3.8) is 0 Å². The van der Waals surface area contributed by atoms with Crippen molar-refractivity contribution in [2.24, 2.45) is 0 Å². The minimum absolute atomic E-state index is 0.0304. The molecule has 1 aliphatic carbocycles. The molecule has 1 saturated carbocycles. The van der Waals surface area contributed by atoms with Gasteiger partial charge >= 0.3 is 0 Å². The van der Waals surface area contributed by atoms with E-state index in [1.807, 2.05) is 40.8 Å². The highest BCUT2D eigenvalue weighted by molar-refractivity contribution is 7.99. The van der Waals surface area contributed by atoms with Crippen molar-refractivity contribution < 1.29 is 13.2 Å². The Morgan fingerprint density at radius 1 is 1.24 bits per heavy atom. The predicted molar refractivity (Wildman–Crippen MR) is 115 cm³/mol. The number of carbonyl (C=O) groups is 1. The summed E-state index contributed by atoms with van der Waals surface area (Å²) in [6.07, 6.45) is 8.38. The maximum atomic E-state index is 13.2. The lowest BCUT2D eigenvalue weighted by Gasteiger charge is -2.34. The van der Waals surface area contributed by atoms with Crippen molar-refractivity contribution in [1.29, 1.82) is 0 Å². The van der Waals surface area contributed by atoms with Gasteiger partial charge in [0.2, 0.25) is 5.91 Å². The molecule has 1 aromatic heterocycles. The molecule has 0 spiro atoms. The zero-order chi connectivity index (χ0) is 20.4. The standard InChI is InChI=1S/C21H27N3O3S2/c1-16-5-4-8-18(13-16)23-11-10-22-21(23)28-14-20(25)24(17-6-2-3-7-17)19-9-12-29(26,27)15-19/h4-5,8,10-11,13,17,19H,2-3,6-7,9,12,14-15H2,1H3. The topological polar surface area (TPSA) is 72.3 Å². The van der Waals surface area contributed by atoms with Crippen LogP contribution in [-0.2, 0) is 14.6 Å². The van der Waals surface area contributed by atoms with E-state index >= 15 is 0 Å². The quantitative estimate of drug-likeness (QED) is 0.654. The second kappa shape index (κ2) is 8.52. The molecule has 29 heavy (non-hydrogen) atoms. The predicted octanol–water partition coefficient (Wildman–Crippen LogP) is 3.23. The van der Waals surface area contributed by atoms with Gasteiger partial charge in [-0.2, -0.15) is 0 Å². The number of benzene rings is 1. The van der Waals surface area contributed by atoms with Gasteiger partial charge in [0.15, 0.2) is 15.0 Å². The number of thioether (sulfide) groups is 1. The van der Waals surface area contributed by atoms with Crippen LogP contribution in [0.25, 0.3) is 5.69 Å². The largest absolute Gasteiger partial charge is 0.335 e. The molecule has 1 aliphatic heterocycles. The molecule has 0 N–H and O–H groups in total. The Balaban J connectivity index is 1.48. The number of carbonyl (C=O) groups excluding carboxylic acids is 1. The zero-order valence-corrected chi connectivity index (χ0v) is 18.3. The van der Waals surface area contributed by atoms with E-state index in [-0.39, 0.29) is 35.2 Å². The summed E-state index contributed by atoms with van der Waals surface area (Å²) in [4.78, 5) is 19.5. The molecule has 2 heterocycles. The van der Waals surface area contributed by atoms with Gasteiger partial charge in [0.1, 0.15) is 0 Å². The lowest BCUT2D eigenvalue weighted by molar-refractivity contribution is -0.132. The van der Waals surface area contributed by atoms with Gasteiger partial charge in [-0.25, -0.2) is 13.4 Å². The first-order valence-electron chi connectivity index (χ1n) is 10.2. The number of amides is 1. The lowest BCUT2D eigenvalue weighted by atomic mass is 10.1. The number of imidazole rings is 1. The van der Waals surface area contributed by atoms with E-state index in [1.54, 1.807) is 6.20 Å². The summed E-state index contributed by atoms with van der Waals surface area (Å²) in [6.45, 7) is 2.05. The molecule has 1 atom stereocenters. The van der Waals surface area contributed by atoms with Gasteiger partial charge < -0.3 is 4.90 Å². The van der Waals surface area contributed by atoms with Gasteiger partial charge in [-0.3, -0.25) is 9.36 Å². The first-order valence-corrected chi connectivity index (χ1v) is 13.0. The summed E-state index contributed by atoms with van der Waals surface area (Å²) in [5.74, 6) is 0.607. The third-order valence-corrected chi connectivity index (χ3v) is 8.52. The van der Waals surface area contributed by atoms with Crippen LogP contribution < -0.4 is 0 Å². The molecule has 6 nitrogen and oxygen atoms in total. The summed E-state index contributed by atoms with van der Waals surface area (Å²) in [7, 11) is -3.03. The molecule has 4 rings (SSSR count). The molecule has 2 aliphatic rings.